The smallest absolute Gasteiger partial charge is 0.187 e. The molecule has 1 atom stereocenters. The highest BCUT2D eigenvalue weighted by Crippen LogP contribution is 2.33. The standard InChI is InChI=1S/C24H34N4O2S/c1-29-22-8-5-9-23(30-2)20(22)18-28-14-6-7-19(17-28)21-10-11-25-24(26-21)31-16-15-27-12-3-4-13-27/h5,8-11,19H,3-4,6-7,12-18H2,1-2H3/t19-/m1/s1. The van der Waals surface area contributed by atoms with Crippen LogP contribution in [-0.4, -0.2) is 72.5 Å². The van der Waals surface area contributed by atoms with Gasteiger partial charge in [-0.2, -0.15) is 0 Å². The van der Waals surface area contributed by atoms with Gasteiger partial charge in [-0.3, -0.25) is 4.90 Å². The highest BCUT2D eigenvalue weighted by Gasteiger charge is 2.24. The first kappa shape index (κ1) is 22.4. The molecule has 2 fully saturated rings. The number of likely N-dealkylation sites (tertiary alicyclic amines) is 2. The Bertz CT molecular complexity index is 822. The monoisotopic (exact) mass is 442 g/mol. The van der Waals surface area contributed by atoms with Gasteiger partial charge >= 0.3 is 0 Å². The molecule has 1 aromatic carbocycles. The van der Waals surface area contributed by atoms with E-state index in [4.69, 9.17) is 14.5 Å². The number of rotatable bonds is 9. The molecule has 2 aliphatic rings. The molecule has 168 valence electrons. The highest BCUT2D eigenvalue weighted by atomic mass is 32.2. The fraction of sp³-hybridized carbons (Fsp3) is 0.583. The van der Waals surface area contributed by atoms with Gasteiger partial charge in [0.05, 0.1) is 19.8 Å². The molecule has 2 saturated heterocycles. The summed E-state index contributed by atoms with van der Waals surface area (Å²) in [7, 11) is 3.45. The van der Waals surface area contributed by atoms with Crippen LogP contribution in [0.3, 0.4) is 0 Å². The van der Waals surface area contributed by atoms with E-state index in [1.807, 2.05) is 24.4 Å². The van der Waals surface area contributed by atoms with Crippen LogP contribution in [0.1, 0.15) is 42.9 Å². The average Bonchev–Trinajstić information content (AvgIpc) is 3.33. The number of ether oxygens (including phenoxy) is 2. The van der Waals surface area contributed by atoms with Crippen molar-refractivity contribution >= 4 is 11.8 Å². The van der Waals surface area contributed by atoms with Crippen molar-refractivity contribution in [1.29, 1.82) is 0 Å². The molecular formula is C24H34N4O2S. The Morgan fingerprint density at radius 3 is 2.48 bits per heavy atom. The zero-order valence-corrected chi connectivity index (χ0v) is 19.6. The van der Waals surface area contributed by atoms with Gasteiger partial charge in [0.15, 0.2) is 5.16 Å². The third-order valence-corrected chi connectivity index (χ3v) is 7.17. The molecule has 0 unspecified atom stereocenters. The van der Waals surface area contributed by atoms with E-state index in [-0.39, 0.29) is 0 Å². The van der Waals surface area contributed by atoms with E-state index in [0.717, 1.165) is 54.2 Å². The topological polar surface area (TPSA) is 50.7 Å². The van der Waals surface area contributed by atoms with Crippen molar-refractivity contribution in [2.45, 2.75) is 43.3 Å². The Balaban J connectivity index is 1.37. The Kier molecular flexibility index (Phi) is 8.05. The van der Waals surface area contributed by atoms with Crippen LogP contribution in [-0.2, 0) is 6.54 Å². The summed E-state index contributed by atoms with van der Waals surface area (Å²) in [6.45, 7) is 6.53. The minimum atomic E-state index is 0.440. The van der Waals surface area contributed by atoms with Crippen molar-refractivity contribution in [3.05, 3.63) is 41.7 Å². The number of aromatic nitrogens is 2. The van der Waals surface area contributed by atoms with Crippen molar-refractivity contribution < 1.29 is 9.47 Å². The molecule has 2 aliphatic heterocycles. The Hall–Kier alpha value is -1.83. The first-order valence-corrected chi connectivity index (χ1v) is 12.4. The van der Waals surface area contributed by atoms with Crippen molar-refractivity contribution in [3.8, 4) is 11.5 Å². The van der Waals surface area contributed by atoms with Crippen LogP contribution >= 0.6 is 11.8 Å². The molecule has 0 radical (unpaired) electrons. The number of hydrogen-bond acceptors (Lipinski definition) is 7. The van der Waals surface area contributed by atoms with Crippen molar-refractivity contribution in [2.24, 2.45) is 0 Å². The zero-order valence-electron chi connectivity index (χ0n) is 18.8. The lowest BCUT2D eigenvalue weighted by atomic mass is 9.94. The molecular weight excluding hydrogens is 408 g/mol. The van der Waals surface area contributed by atoms with Gasteiger partial charge in [0.1, 0.15) is 11.5 Å². The van der Waals surface area contributed by atoms with E-state index in [2.05, 4.69) is 20.9 Å². The second-order valence-electron chi connectivity index (χ2n) is 8.38. The summed E-state index contributed by atoms with van der Waals surface area (Å²) in [4.78, 5) is 14.5. The summed E-state index contributed by atoms with van der Waals surface area (Å²) < 4.78 is 11.2. The van der Waals surface area contributed by atoms with Gasteiger partial charge in [-0.05, 0) is 63.5 Å². The van der Waals surface area contributed by atoms with Crippen molar-refractivity contribution in [1.82, 2.24) is 19.8 Å². The predicted molar refractivity (Wildman–Crippen MR) is 125 cm³/mol. The van der Waals surface area contributed by atoms with E-state index in [0.29, 0.717) is 5.92 Å². The summed E-state index contributed by atoms with van der Waals surface area (Å²) in [6.07, 6.45) is 6.96. The Morgan fingerprint density at radius 1 is 1.00 bits per heavy atom. The second-order valence-corrected chi connectivity index (χ2v) is 9.44. The van der Waals surface area contributed by atoms with E-state index < -0.39 is 0 Å². The molecule has 3 heterocycles. The van der Waals surface area contributed by atoms with Crippen molar-refractivity contribution in [3.63, 3.8) is 0 Å². The molecule has 0 spiro atoms. The minimum Gasteiger partial charge on any atom is -0.496 e. The average molecular weight is 443 g/mol. The summed E-state index contributed by atoms with van der Waals surface area (Å²) >= 11 is 1.79. The maximum absolute atomic E-state index is 5.60. The van der Waals surface area contributed by atoms with E-state index in [1.54, 1.807) is 26.0 Å². The zero-order chi connectivity index (χ0) is 21.5. The lowest BCUT2D eigenvalue weighted by molar-refractivity contribution is 0.193. The van der Waals surface area contributed by atoms with Crippen LogP contribution in [0.5, 0.6) is 11.5 Å². The molecule has 0 amide bonds. The van der Waals surface area contributed by atoms with E-state index in [1.165, 1.54) is 44.5 Å². The molecule has 0 saturated carbocycles. The summed E-state index contributed by atoms with van der Waals surface area (Å²) in [5.41, 5.74) is 2.30. The molecule has 0 aliphatic carbocycles. The van der Waals surface area contributed by atoms with Gasteiger partial charge in [-0.15, -0.1) is 0 Å². The quantitative estimate of drug-likeness (QED) is 0.429. The number of hydrogen-bond donors (Lipinski definition) is 0. The number of piperidine rings is 1. The Labute approximate surface area is 190 Å². The maximum Gasteiger partial charge on any atom is 0.187 e. The minimum absolute atomic E-state index is 0.440. The van der Waals surface area contributed by atoms with Crippen LogP contribution in [0.25, 0.3) is 0 Å². The molecule has 31 heavy (non-hydrogen) atoms. The summed E-state index contributed by atoms with van der Waals surface area (Å²) in [6, 6.07) is 8.09. The molecule has 1 aromatic heterocycles. The molecule has 2 aromatic rings. The maximum atomic E-state index is 5.60. The molecule has 0 bridgehead atoms. The van der Waals surface area contributed by atoms with Gasteiger partial charge in [-0.1, -0.05) is 17.8 Å². The van der Waals surface area contributed by atoms with Crippen LogP contribution in [0.2, 0.25) is 0 Å². The normalized spacial score (nSPS) is 20.1. The fourth-order valence-corrected chi connectivity index (χ4v) is 5.51. The van der Waals surface area contributed by atoms with E-state index >= 15 is 0 Å². The SMILES string of the molecule is COc1cccc(OC)c1CN1CCC[C@@H](c2ccnc(SCCN3CCCC3)n2)C1. The summed E-state index contributed by atoms with van der Waals surface area (Å²) in [5.74, 6) is 3.28. The van der Waals surface area contributed by atoms with E-state index in [9.17, 15) is 0 Å². The first-order valence-electron chi connectivity index (χ1n) is 11.4. The van der Waals surface area contributed by atoms with Gasteiger partial charge in [0, 0.05) is 43.2 Å². The van der Waals surface area contributed by atoms with Gasteiger partial charge in [-0.25, -0.2) is 9.97 Å². The highest BCUT2D eigenvalue weighted by molar-refractivity contribution is 7.99. The number of methoxy groups -OCH3 is 2. The molecule has 6 nitrogen and oxygen atoms in total. The molecule has 0 N–H and O–H groups in total. The second kappa shape index (κ2) is 11.2. The van der Waals surface area contributed by atoms with Gasteiger partial charge in [0.2, 0.25) is 0 Å². The van der Waals surface area contributed by atoms with Crippen LogP contribution < -0.4 is 9.47 Å². The number of thioether (sulfide) groups is 1. The number of nitrogens with zero attached hydrogens (tertiary/aromatic N) is 4. The lowest BCUT2D eigenvalue weighted by Crippen LogP contribution is -2.34. The third-order valence-electron chi connectivity index (χ3n) is 6.33. The lowest BCUT2D eigenvalue weighted by Gasteiger charge is -2.33. The number of benzene rings is 1. The van der Waals surface area contributed by atoms with Gasteiger partial charge in [0.25, 0.3) is 0 Å². The van der Waals surface area contributed by atoms with Gasteiger partial charge < -0.3 is 14.4 Å². The van der Waals surface area contributed by atoms with Crippen LogP contribution in [0.15, 0.2) is 35.6 Å². The van der Waals surface area contributed by atoms with Crippen LogP contribution in [0.4, 0.5) is 0 Å². The first-order chi connectivity index (χ1) is 15.3. The molecule has 7 heteroatoms. The van der Waals surface area contributed by atoms with Crippen molar-refractivity contribution in [2.75, 3.05) is 52.7 Å². The van der Waals surface area contributed by atoms with Crippen LogP contribution in [0, 0.1) is 0 Å². The third kappa shape index (κ3) is 5.90. The summed E-state index contributed by atoms with van der Waals surface area (Å²) in [5, 5.41) is 0.917. The molecule has 4 rings (SSSR count). The predicted octanol–water partition coefficient (Wildman–Crippen LogP) is 4.06. The fourth-order valence-electron chi connectivity index (χ4n) is 4.67. The largest absolute Gasteiger partial charge is 0.496 e. The Morgan fingerprint density at radius 2 is 1.74 bits per heavy atom.